The molecule has 0 aliphatic rings. The van der Waals surface area contributed by atoms with E-state index in [4.69, 9.17) is 0 Å². The summed E-state index contributed by atoms with van der Waals surface area (Å²) in [6.45, 7) is 0. The van der Waals surface area contributed by atoms with Crippen molar-refractivity contribution in [2.45, 2.75) is 6.36 Å². The van der Waals surface area contributed by atoms with Crippen LogP contribution in [0.3, 0.4) is 0 Å². The van der Waals surface area contributed by atoms with E-state index in [0.29, 0.717) is 0 Å². The number of halogens is 3. The summed E-state index contributed by atoms with van der Waals surface area (Å²) in [4.78, 5) is 10.2. The third-order valence-corrected chi connectivity index (χ3v) is 1.32. The van der Waals surface area contributed by atoms with Gasteiger partial charge in [-0.25, -0.2) is 0 Å². The zero-order valence-electron chi connectivity index (χ0n) is 7.67. The number of alkyl halides is 3. The van der Waals surface area contributed by atoms with Crippen molar-refractivity contribution >= 4 is 5.97 Å². The van der Waals surface area contributed by atoms with Gasteiger partial charge in [0.15, 0.2) is 0 Å². The Labute approximate surface area is 126 Å². The van der Waals surface area contributed by atoms with Crippen molar-refractivity contribution in [3.63, 3.8) is 0 Å². The van der Waals surface area contributed by atoms with Crippen LogP contribution in [0.15, 0.2) is 24.3 Å². The first-order valence-electron chi connectivity index (χ1n) is 3.45. The van der Waals surface area contributed by atoms with Crippen molar-refractivity contribution in [2.75, 3.05) is 0 Å². The molecule has 0 aliphatic heterocycles. The van der Waals surface area contributed by atoms with Crippen molar-refractivity contribution < 1.29 is 79.2 Å². The minimum absolute atomic E-state index is 0. The fourth-order valence-corrected chi connectivity index (χ4v) is 0.793. The molecule has 1 aromatic carbocycles. The Balaban J connectivity index is 0.00000196. The number of hydrogen-bond acceptors (Lipinski definition) is 3. The summed E-state index contributed by atoms with van der Waals surface area (Å²) in [5.74, 6) is -1.92. The number of carbonyl (C=O) groups excluding carboxylic acids is 1. The van der Waals surface area contributed by atoms with Gasteiger partial charge in [0, 0.05) is 0 Å². The third-order valence-electron chi connectivity index (χ3n) is 1.32. The second kappa shape index (κ2) is 5.85. The van der Waals surface area contributed by atoms with E-state index < -0.39 is 18.1 Å². The number of carboxylic acid groups (broad SMARTS) is 1. The molecule has 15 heavy (non-hydrogen) atoms. The summed E-state index contributed by atoms with van der Waals surface area (Å²) in [5.41, 5.74) is -0.209. The molecule has 1 rings (SSSR count). The average molecular weight is 244 g/mol. The van der Waals surface area contributed by atoms with Crippen LogP contribution in [0, 0.1) is 0 Å². The Morgan fingerprint density at radius 2 is 1.67 bits per heavy atom. The van der Waals surface area contributed by atoms with Crippen molar-refractivity contribution in [1.82, 2.24) is 0 Å². The molecule has 1 aromatic rings. The maximum Gasteiger partial charge on any atom is 1.00 e. The molecule has 0 aliphatic carbocycles. The summed E-state index contributed by atoms with van der Waals surface area (Å²) >= 11 is 0. The molecular formula is C8H4F3KO3. The predicted octanol–water partition coefficient (Wildman–Crippen LogP) is -2.05. The van der Waals surface area contributed by atoms with Gasteiger partial charge < -0.3 is 14.6 Å². The van der Waals surface area contributed by atoms with Crippen LogP contribution in [0.5, 0.6) is 5.75 Å². The van der Waals surface area contributed by atoms with Crippen LogP contribution in [-0.2, 0) is 0 Å². The smallest absolute Gasteiger partial charge is 0.545 e. The molecule has 0 saturated carbocycles. The third kappa shape index (κ3) is 5.52. The monoisotopic (exact) mass is 244 g/mol. The Hall–Kier alpha value is -0.0836. The Morgan fingerprint density at radius 3 is 2.00 bits per heavy atom. The molecule has 0 radical (unpaired) electrons. The van der Waals surface area contributed by atoms with Crippen LogP contribution in [0.2, 0.25) is 0 Å². The van der Waals surface area contributed by atoms with Gasteiger partial charge in [0.2, 0.25) is 0 Å². The molecule has 76 valence electrons. The molecule has 0 heterocycles. The second-order valence-corrected chi connectivity index (χ2v) is 2.36. The molecule has 0 atom stereocenters. The average Bonchev–Trinajstić information content (AvgIpc) is 2.02. The Kier molecular flexibility index (Phi) is 5.82. The first-order chi connectivity index (χ1) is 6.38. The van der Waals surface area contributed by atoms with E-state index in [0.717, 1.165) is 24.3 Å². The fraction of sp³-hybridized carbons (Fsp3) is 0.125. The molecule has 0 spiro atoms. The number of ether oxygens (including phenoxy) is 1. The van der Waals surface area contributed by atoms with Gasteiger partial charge in [0.25, 0.3) is 0 Å². The van der Waals surface area contributed by atoms with Gasteiger partial charge in [0.1, 0.15) is 5.75 Å². The first kappa shape index (κ1) is 14.9. The minimum atomic E-state index is -4.77. The standard InChI is InChI=1S/C8H5F3O3.K/c9-8(10,11)14-6-3-1-5(2-4-6)7(12)13;/h1-4H,(H,12,13);/q;+1/p-1. The summed E-state index contributed by atoms with van der Waals surface area (Å²) < 4.78 is 38.5. The molecule has 0 amide bonds. The van der Waals surface area contributed by atoms with Gasteiger partial charge in [-0.1, -0.05) is 0 Å². The van der Waals surface area contributed by atoms with Gasteiger partial charge in [-0.15, -0.1) is 13.2 Å². The van der Waals surface area contributed by atoms with Crippen LogP contribution >= 0.6 is 0 Å². The number of rotatable bonds is 2. The molecule has 0 saturated heterocycles. The largest absolute Gasteiger partial charge is 1.00 e. The van der Waals surface area contributed by atoms with Crippen LogP contribution in [0.1, 0.15) is 10.4 Å². The number of carbonyl (C=O) groups is 1. The number of benzene rings is 1. The second-order valence-electron chi connectivity index (χ2n) is 2.36. The van der Waals surface area contributed by atoms with Crippen molar-refractivity contribution in [3.05, 3.63) is 29.8 Å². The van der Waals surface area contributed by atoms with Gasteiger partial charge in [0.05, 0.1) is 5.97 Å². The van der Waals surface area contributed by atoms with Gasteiger partial charge in [-0.05, 0) is 29.8 Å². The SMILES string of the molecule is O=C([O-])c1ccc(OC(F)(F)F)cc1.[K+]. The van der Waals surface area contributed by atoms with Crippen molar-refractivity contribution in [1.29, 1.82) is 0 Å². The van der Waals surface area contributed by atoms with Crippen molar-refractivity contribution in [3.8, 4) is 5.75 Å². The van der Waals surface area contributed by atoms with Gasteiger partial charge in [-0.2, -0.15) is 0 Å². The van der Waals surface area contributed by atoms with Crippen LogP contribution in [0.25, 0.3) is 0 Å². The Morgan fingerprint density at radius 1 is 1.20 bits per heavy atom. The van der Waals surface area contributed by atoms with E-state index >= 15 is 0 Å². The number of aromatic carboxylic acids is 1. The molecule has 0 aromatic heterocycles. The van der Waals surface area contributed by atoms with Gasteiger partial charge in [-0.3, -0.25) is 0 Å². The van der Waals surface area contributed by atoms with Crippen LogP contribution in [-0.4, -0.2) is 12.3 Å². The number of carboxylic acids is 1. The predicted molar refractivity (Wildman–Crippen MR) is 37.5 cm³/mol. The first-order valence-corrected chi connectivity index (χ1v) is 3.45. The topological polar surface area (TPSA) is 49.4 Å². The quantitative estimate of drug-likeness (QED) is 0.563. The molecule has 0 bridgehead atoms. The van der Waals surface area contributed by atoms with E-state index in [1.807, 2.05) is 0 Å². The molecular weight excluding hydrogens is 240 g/mol. The minimum Gasteiger partial charge on any atom is -0.545 e. The molecule has 7 heteroatoms. The summed E-state index contributed by atoms with van der Waals surface area (Å²) in [6.07, 6.45) is -4.77. The summed E-state index contributed by atoms with van der Waals surface area (Å²) in [6, 6.07) is 3.74. The maximum absolute atomic E-state index is 11.6. The molecule has 0 fully saturated rings. The van der Waals surface area contributed by atoms with Gasteiger partial charge >= 0.3 is 57.7 Å². The van der Waals surface area contributed by atoms with E-state index in [1.165, 1.54) is 0 Å². The normalized spacial score (nSPS) is 10.3. The zero-order valence-corrected chi connectivity index (χ0v) is 10.8. The number of hydrogen-bond donors (Lipinski definition) is 0. The molecule has 0 unspecified atom stereocenters. The van der Waals surface area contributed by atoms with E-state index in [9.17, 15) is 23.1 Å². The molecule has 0 N–H and O–H groups in total. The zero-order chi connectivity index (χ0) is 10.8. The maximum atomic E-state index is 11.6. The summed E-state index contributed by atoms with van der Waals surface area (Å²) in [7, 11) is 0. The molecule has 3 nitrogen and oxygen atoms in total. The Bertz CT molecular complexity index is 334. The van der Waals surface area contributed by atoms with E-state index in [2.05, 4.69) is 4.74 Å². The summed E-state index contributed by atoms with van der Waals surface area (Å²) in [5, 5.41) is 10.2. The van der Waals surface area contributed by atoms with Crippen molar-refractivity contribution in [2.24, 2.45) is 0 Å². The van der Waals surface area contributed by atoms with Crippen LogP contribution < -0.4 is 61.2 Å². The van der Waals surface area contributed by atoms with E-state index in [-0.39, 0.29) is 56.9 Å². The van der Waals surface area contributed by atoms with Crippen LogP contribution in [0.4, 0.5) is 13.2 Å². The fourth-order valence-electron chi connectivity index (χ4n) is 0.793. The van der Waals surface area contributed by atoms with E-state index in [1.54, 1.807) is 0 Å².